The van der Waals surface area contributed by atoms with Crippen LogP contribution in [0, 0.1) is 24.3 Å². The molecule has 4 unspecified atom stereocenters. The van der Waals surface area contributed by atoms with Crippen molar-refractivity contribution in [2.24, 2.45) is 17.8 Å². The second kappa shape index (κ2) is 13.4. The molecule has 0 aliphatic carbocycles. The Kier molecular flexibility index (Phi) is 13.2. The molecule has 0 aromatic carbocycles. The minimum Gasteiger partial charge on any atom is -0.382 e. The predicted octanol–water partition coefficient (Wildman–Crippen LogP) is 6.43. The maximum Gasteiger partial charge on any atom is 0.0543 e. The first-order chi connectivity index (χ1) is 9.99. The van der Waals surface area contributed by atoms with Crippen LogP contribution in [0.1, 0.15) is 85.5 Å². The van der Waals surface area contributed by atoms with Crippen LogP contribution in [0.15, 0.2) is 6.08 Å². The highest BCUT2D eigenvalue weighted by atomic mass is 16.5. The maximum atomic E-state index is 5.54. The average Bonchev–Trinajstić information content (AvgIpc) is 2.46. The number of rotatable bonds is 14. The molecule has 0 fully saturated rings. The predicted molar refractivity (Wildman–Crippen MR) is 94.4 cm³/mol. The van der Waals surface area contributed by atoms with Crippen molar-refractivity contribution in [2.45, 2.75) is 91.6 Å². The van der Waals surface area contributed by atoms with Crippen LogP contribution in [0.2, 0.25) is 0 Å². The van der Waals surface area contributed by atoms with Crippen LogP contribution in [0.25, 0.3) is 0 Å². The van der Waals surface area contributed by atoms with E-state index in [1.54, 1.807) is 0 Å². The summed E-state index contributed by atoms with van der Waals surface area (Å²) in [5.41, 5.74) is 0. The minimum absolute atomic E-state index is 0.422. The van der Waals surface area contributed by atoms with E-state index in [-0.39, 0.29) is 0 Å². The third-order valence-corrected chi connectivity index (χ3v) is 4.79. The van der Waals surface area contributed by atoms with Gasteiger partial charge in [-0.2, -0.15) is 0 Å². The van der Waals surface area contributed by atoms with Gasteiger partial charge in [-0.15, -0.1) is 0 Å². The first-order valence-corrected chi connectivity index (χ1v) is 9.07. The van der Waals surface area contributed by atoms with Crippen molar-refractivity contribution in [1.82, 2.24) is 0 Å². The van der Waals surface area contributed by atoms with E-state index >= 15 is 0 Å². The molecule has 0 aromatic heterocycles. The summed E-state index contributed by atoms with van der Waals surface area (Å²) in [6, 6.07) is 0. The summed E-state index contributed by atoms with van der Waals surface area (Å²) in [7, 11) is 1.81. The van der Waals surface area contributed by atoms with Gasteiger partial charge in [0.1, 0.15) is 0 Å². The highest BCUT2D eigenvalue weighted by Crippen LogP contribution is 2.21. The van der Waals surface area contributed by atoms with Crippen LogP contribution in [0.5, 0.6) is 0 Å². The van der Waals surface area contributed by atoms with Crippen LogP contribution in [-0.2, 0) is 4.74 Å². The van der Waals surface area contributed by atoms with E-state index in [1.807, 2.05) is 13.2 Å². The van der Waals surface area contributed by atoms with Crippen molar-refractivity contribution in [2.75, 3.05) is 7.11 Å². The molecule has 0 aromatic rings. The lowest BCUT2D eigenvalue weighted by molar-refractivity contribution is 0.107. The number of methoxy groups -OCH3 is 1. The maximum absolute atomic E-state index is 5.54. The topological polar surface area (TPSA) is 9.23 Å². The Bertz CT molecular complexity index is 236. The highest BCUT2D eigenvalue weighted by Gasteiger charge is 2.07. The SMILES string of the molecule is [CH]=CC(C)CCCC(C)CCCC(C)CCCC(C)OC. The number of hydrogen-bond donors (Lipinski definition) is 0. The van der Waals surface area contributed by atoms with E-state index in [0.29, 0.717) is 12.0 Å². The van der Waals surface area contributed by atoms with E-state index in [0.717, 1.165) is 11.8 Å². The smallest absolute Gasteiger partial charge is 0.0543 e. The van der Waals surface area contributed by atoms with Crippen molar-refractivity contribution in [3.63, 3.8) is 0 Å². The van der Waals surface area contributed by atoms with Gasteiger partial charge in [0, 0.05) is 7.11 Å². The number of hydrogen-bond acceptors (Lipinski definition) is 1. The van der Waals surface area contributed by atoms with E-state index in [4.69, 9.17) is 11.3 Å². The second-order valence-corrected chi connectivity index (χ2v) is 7.22. The molecule has 1 radical (unpaired) electrons. The lowest BCUT2D eigenvalue weighted by atomic mass is 9.91. The fourth-order valence-corrected chi connectivity index (χ4v) is 2.86. The van der Waals surface area contributed by atoms with Crippen molar-refractivity contribution >= 4 is 0 Å². The third-order valence-electron chi connectivity index (χ3n) is 4.79. The van der Waals surface area contributed by atoms with Gasteiger partial charge >= 0.3 is 0 Å². The largest absolute Gasteiger partial charge is 0.382 e. The quantitative estimate of drug-likeness (QED) is 0.359. The van der Waals surface area contributed by atoms with Gasteiger partial charge in [0.15, 0.2) is 0 Å². The molecule has 4 atom stereocenters. The fraction of sp³-hybridized carbons (Fsp3) is 0.900. The molecule has 0 heterocycles. The first-order valence-electron chi connectivity index (χ1n) is 9.07. The molecule has 0 saturated carbocycles. The minimum atomic E-state index is 0.422. The molecular formula is C20H39O. The molecule has 0 amide bonds. The van der Waals surface area contributed by atoms with Crippen LogP contribution >= 0.6 is 0 Å². The van der Waals surface area contributed by atoms with Gasteiger partial charge in [-0.3, -0.25) is 0 Å². The monoisotopic (exact) mass is 295 g/mol. The second-order valence-electron chi connectivity index (χ2n) is 7.22. The van der Waals surface area contributed by atoms with Crippen molar-refractivity contribution < 1.29 is 4.74 Å². The Hall–Kier alpha value is -0.300. The van der Waals surface area contributed by atoms with Crippen molar-refractivity contribution in [3.8, 4) is 0 Å². The Morgan fingerprint density at radius 3 is 1.62 bits per heavy atom. The summed E-state index contributed by atoms with van der Waals surface area (Å²) in [4.78, 5) is 0. The van der Waals surface area contributed by atoms with Gasteiger partial charge in [0.2, 0.25) is 0 Å². The Labute approximate surface area is 134 Å². The van der Waals surface area contributed by atoms with Crippen LogP contribution in [-0.4, -0.2) is 13.2 Å². The normalized spacial score (nSPS) is 17.2. The summed E-state index contributed by atoms with van der Waals surface area (Å²) in [6.07, 6.45) is 14.2. The number of allylic oxidation sites excluding steroid dienone is 1. The Balaban J connectivity index is 3.48. The standard InChI is InChI=1S/C20H39O/c1-7-17(2)11-8-12-18(3)13-9-14-19(4)15-10-16-20(5)21-6/h1,7,17-20H,8-16H2,2-6H3. The summed E-state index contributed by atoms with van der Waals surface area (Å²) in [6.45, 7) is 14.7. The molecule has 0 aliphatic rings. The number of ether oxygens (including phenoxy) is 1. The Morgan fingerprint density at radius 2 is 1.19 bits per heavy atom. The van der Waals surface area contributed by atoms with Gasteiger partial charge in [0.25, 0.3) is 0 Å². The molecule has 125 valence electrons. The molecule has 1 heteroatoms. The van der Waals surface area contributed by atoms with Crippen LogP contribution in [0.3, 0.4) is 0 Å². The van der Waals surface area contributed by atoms with Crippen LogP contribution in [0.4, 0.5) is 0 Å². The highest BCUT2D eigenvalue weighted by molar-refractivity contribution is 4.72. The first kappa shape index (κ1) is 20.7. The molecule has 21 heavy (non-hydrogen) atoms. The fourth-order valence-electron chi connectivity index (χ4n) is 2.86. The van der Waals surface area contributed by atoms with E-state index < -0.39 is 0 Å². The van der Waals surface area contributed by atoms with Gasteiger partial charge < -0.3 is 4.74 Å². The van der Waals surface area contributed by atoms with Crippen LogP contribution < -0.4 is 0 Å². The third kappa shape index (κ3) is 13.1. The Morgan fingerprint density at radius 1 is 0.762 bits per heavy atom. The van der Waals surface area contributed by atoms with Crippen molar-refractivity contribution in [3.05, 3.63) is 12.7 Å². The molecule has 1 nitrogen and oxygen atoms in total. The summed E-state index contributed by atoms with van der Waals surface area (Å²) in [5, 5.41) is 0. The molecule has 0 spiro atoms. The molecule has 0 bridgehead atoms. The summed E-state index contributed by atoms with van der Waals surface area (Å²) < 4.78 is 5.30. The average molecular weight is 296 g/mol. The van der Waals surface area contributed by atoms with Crippen molar-refractivity contribution in [1.29, 1.82) is 0 Å². The molecular weight excluding hydrogens is 256 g/mol. The zero-order chi connectivity index (χ0) is 16.1. The van der Waals surface area contributed by atoms with E-state index in [1.165, 1.54) is 57.8 Å². The molecule has 0 N–H and O–H groups in total. The van der Waals surface area contributed by atoms with Gasteiger partial charge in [-0.05, 0) is 37.5 Å². The van der Waals surface area contributed by atoms with Gasteiger partial charge in [-0.25, -0.2) is 0 Å². The lowest BCUT2D eigenvalue weighted by Crippen LogP contribution is -2.05. The molecule has 0 aliphatic heterocycles. The summed E-state index contributed by atoms with van der Waals surface area (Å²) in [5.74, 6) is 2.32. The molecule has 0 saturated heterocycles. The van der Waals surface area contributed by atoms with E-state index in [9.17, 15) is 0 Å². The van der Waals surface area contributed by atoms with Gasteiger partial charge in [-0.1, -0.05) is 78.4 Å². The van der Waals surface area contributed by atoms with E-state index in [2.05, 4.69) is 27.7 Å². The zero-order valence-electron chi connectivity index (χ0n) is 15.2. The molecule has 0 rings (SSSR count). The lowest BCUT2D eigenvalue weighted by Gasteiger charge is -2.16. The van der Waals surface area contributed by atoms with Gasteiger partial charge in [0.05, 0.1) is 6.10 Å². The zero-order valence-corrected chi connectivity index (χ0v) is 15.2. The summed E-state index contributed by atoms with van der Waals surface area (Å²) >= 11 is 0.